The lowest BCUT2D eigenvalue weighted by atomic mass is 10.1. The maximum atomic E-state index is 6.13. The lowest BCUT2D eigenvalue weighted by molar-refractivity contribution is 0.243. The molecule has 1 aliphatic rings. The highest BCUT2D eigenvalue weighted by Crippen LogP contribution is 2.31. The average Bonchev–Trinajstić information content (AvgIpc) is 2.69. The first kappa shape index (κ1) is 17.7. The van der Waals surface area contributed by atoms with Gasteiger partial charge in [-0.15, -0.1) is 0 Å². The first-order valence-electron chi connectivity index (χ1n) is 8.74. The van der Waals surface area contributed by atoms with Gasteiger partial charge >= 0.3 is 0 Å². The molecule has 6 nitrogen and oxygen atoms in total. The van der Waals surface area contributed by atoms with E-state index in [1.165, 1.54) is 0 Å². The second-order valence-corrected chi connectivity index (χ2v) is 6.99. The third-order valence-electron chi connectivity index (χ3n) is 4.70. The van der Waals surface area contributed by atoms with Crippen LogP contribution in [0.3, 0.4) is 0 Å². The fourth-order valence-corrected chi connectivity index (χ4v) is 3.51. The van der Waals surface area contributed by atoms with Gasteiger partial charge in [0.1, 0.15) is 5.75 Å². The van der Waals surface area contributed by atoms with Crippen LogP contribution in [0.5, 0.6) is 5.75 Å². The Hall–Kier alpha value is -2.70. The van der Waals surface area contributed by atoms with E-state index in [9.17, 15) is 0 Å². The summed E-state index contributed by atoms with van der Waals surface area (Å²) in [6, 6.07) is 9.63. The molecular weight excluding hydrogens is 362 g/mol. The van der Waals surface area contributed by atoms with E-state index < -0.39 is 0 Å². The zero-order valence-corrected chi connectivity index (χ0v) is 15.8. The fourth-order valence-electron chi connectivity index (χ4n) is 3.34. The average molecular weight is 382 g/mol. The number of rotatable bonds is 4. The highest BCUT2D eigenvalue weighted by molar-refractivity contribution is 6.30. The second kappa shape index (κ2) is 7.50. The van der Waals surface area contributed by atoms with E-state index in [1.807, 2.05) is 36.7 Å². The van der Waals surface area contributed by atoms with Crippen LogP contribution in [0.15, 0.2) is 42.7 Å². The van der Waals surface area contributed by atoms with Crippen LogP contribution in [-0.2, 0) is 19.5 Å². The minimum atomic E-state index is 0.346. The Kier molecular flexibility index (Phi) is 4.92. The molecule has 0 spiro atoms. The van der Waals surface area contributed by atoms with Crippen molar-refractivity contribution in [1.82, 2.24) is 19.9 Å². The summed E-state index contributed by atoms with van der Waals surface area (Å²) < 4.78 is 5.42. The van der Waals surface area contributed by atoms with Gasteiger partial charge in [-0.25, -0.2) is 9.97 Å². The molecule has 1 aromatic carbocycles. The smallest absolute Gasteiger partial charge is 0.220 e. The van der Waals surface area contributed by atoms with Crippen LogP contribution in [0.2, 0.25) is 5.02 Å². The van der Waals surface area contributed by atoms with Crippen molar-refractivity contribution >= 4 is 17.5 Å². The highest BCUT2D eigenvalue weighted by Gasteiger charge is 2.18. The van der Waals surface area contributed by atoms with Crippen molar-refractivity contribution < 1.29 is 4.74 Å². The minimum absolute atomic E-state index is 0.346. The lowest BCUT2D eigenvalue weighted by Gasteiger charge is -2.27. The van der Waals surface area contributed by atoms with Crippen molar-refractivity contribution in [3.63, 3.8) is 0 Å². The van der Waals surface area contributed by atoms with Crippen LogP contribution < -0.4 is 10.5 Å². The zero-order chi connectivity index (χ0) is 18.8. The van der Waals surface area contributed by atoms with Gasteiger partial charge in [-0.1, -0.05) is 17.7 Å². The van der Waals surface area contributed by atoms with Crippen molar-refractivity contribution in [2.75, 3.05) is 19.4 Å². The van der Waals surface area contributed by atoms with Gasteiger partial charge in [-0.3, -0.25) is 9.88 Å². The van der Waals surface area contributed by atoms with Gasteiger partial charge in [0, 0.05) is 54.6 Å². The molecule has 3 heterocycles. The molecule has 0 fully saturated rings. The summed E-state index contributed by atoms with van der Waals surface area (Å²) in [6.45, 7) is 2.58. The molecule has 3 aromatic rings. The number of nitrogens with zero attached hydrogens (tertiary/aromatic N) is 4. The Labute approximate surface area is 163 Å². The highest BCUT2D eigenvalue weighted by atomic mass is 35.5. The summed E-state index contributed by atoms with van der Waals surface area (Å²) >= 11 is 6.13. The van der Waals surface area contributed by atoms with Gasteiger partial charge in [0.15, 0.2) is 0 Å². The number of anilines is 1. The molecule has 0 unspecified atom stereocenters. The molecule has 0 atom stereocenters. The number of nitrogen functional groups attached to an aromatic ring is 1. The summed E-state index contributed by atoms with van der Waals surface area (Å²) in [7, 11) is 1.65. The van der Waals surface area contributed by atoms with Crippen molar-refractivity contribution in [3.05, 3.63) is 64.6 Å². The molecule has 0 saturated carbocycles. The van der Waals surface area contributed by atoms with Crippen molar-refractivity contribution in [1.29, 1.82) is 0 Å². The van der Waals surface area contributed by atoms with Gasteiger partial charge in [-0.05, 0) is 29.8 Å². The molecule has 0 bridgehead atoms. The molecule has 27 heavy (non-hydrogen) atoms. The Morgan fingerprint density at radius 2 is 2.07 bits per heavy atom. The molecule has 0 saturated heterocycles. The van der Waals surface area contributed by atoms with Gasteiger partial charge in [0.05, 0.1) is 18.5 Å². The molecule has 138 valence electrons. The Balaban J connectivity index is 1.49. The Bertz CT molecular complexity index is 961. The maximum Gasteiger partial charge on any atom is 0.220 e. The van der Waals surface area contributed by atoms with Crippen LogP contribution in [0.4, 0.5) is 5.95 Å². The zero-order valence-electron chi connectivity index (χ0n) is 15.0. The second-order valence-electron chi connectivity index (χ2n) is 6.56. The van der Waals surface area contributed by atoms with E-state index in [-0.39, 0.29) is 0 Å². The molecular formula is C20H20ClN5O. The molecule has 0 amide bonds. The SMILES string of the molecule is COc1ccc(Cl)cc1-c1ccc(CN2CCc3nc(N)ncc3C2)cn1. The largest absolute Gasteiger partial charge is 0.496 e. The maximum absolute atomic E-state index is 6.13. The predicted octanol–water partition coefficient (Wildman–Crippen LogP) is 3.34. The van der Waals surface area contributed by atoms with Gasteiger partial charge < -0.3 is 10.5 Å². The molecule has 0 aliphatic carbocycles. The Morgan fingerprint density at radius 3 is 2.85 bits per heavy atom. The normalized spacial score (nSPS) is 14.0. The van der Waals surface area contributed by atoms with Gasteiger partial charge in [0.2, 0.25) is 5.95 Å². The van der Waals surface area contributed by atoms with Crippen molar-refractivity contribution in [2.24, 2.45) is 0 Å². The van der Waals surface area contributed by atoms with E-state index in [1.54, 1.807) is 7.11 Å². The van der Waals surface area contributed by atoms with Crippen molar-refractivity contribution in [3.8, 4) is 17.0 Å². The summed E-state index contributed by atoms with van der Waals surface area (Å²) in [4.78, 5) is 15.4. The van der Waals surface area contributed by atoms with Crippen LogP contribution in [-0.4, -0.2) is 33.5 Å². The van der Waals surface area contributed by atoms with E-state index in [0.29, 0.717) is 11.0 Å². The fraction of sp³-hybridized carbons (Fsp3) is 0.250. The first-order valence-corrected chi connectivity index (χ1v) is 9.11. The summed E-state index contributed by atoms with van der Waals surface area (Å²) in [6.07, 6.45) is 4.62. The summed E-state index contributed by atoms with van der Waals surface area (Å²) in [5, 5.41) is 0.659. The van der Waals surface area contributed by atoms with Gasteiger partial charge in [0.25, 0.3) is 0 Å². The molecule has 0 radical (unpaired) electrons. The number of nitrogens with two attached hydrogens (primary N) is 1. The number of methoxy groups -OCH3 is 1. The standard InChI is InChI=1S/C20H20ClN5O/c1-27-19-5-3-15(21)8-16(19)18-4-2-13(9-23-18)11-26-7-6-17-14(12-26)10-24-20(22)25-17/h2-5,8-10H,6-7,11-12H2,1H3,(H2,22,24,25). The number of pyridine rings is 1. The number of aromatic nitrogens is 3. The summed E-state index contributed by atoms with van der Waals surface area (Å²) in [5.74, 6) is 1.10. The van der Waals surface area contributed by atoms with Crippen molar-refractivity contribution in [2.45, 2.75) is 19.5 Å². The number of benzene rings is 1. The summed E-state index contributed by atoms with van der Waals surface area (Å²) in [5.41, 5.74) is 10.7. The molecule has 4 rings (SSSR count). The Morgan fingerprint density at radius 1 is 1.19 bits per heavy atom. The number of fused-ring (bicyclic) bond motifs is 1. The van der Waals surface area contributed by atoms with Crippen LogP contribution in [0.25, 0.3) is 11.3 Å². The number of halogens is 1. The monoisotopic (exact) mass is 381 g/mol. The molecule has 1 aliphatic heterocycles. The van der Waals surface area contributed by atoms with E-state index in [0.717, 1.165) is 59.9 Å². The third-order valence-corrected chi connectivity index (χ3v) is 4.94. The molecule has 2 N–H and O–H groups in total. The van der Waals surface area contributed by atoms with E-state index in [4.69, 9.17) is 22.1 Å². The molecule has 2 aromatic heterocycles. The van der Waals surface area contributed by atoms with Crippen LogP contribution in [0, 0.1) is 0 Å². The van der Waals surface area contributed by atoms with E-state index in [2.05, 4.69) is 25.9 Å². The third kappa shape index (κ3) is 3.86. The topological polar surface area (TPSA) is 77.2 Å². The predicted molar refractivity (Wildman–Crippen MR) is 105 cm³/mol. The van der Waals surface area contributed by atoms with Crippen LogP contribution >= 0.6 is 11.6 Å². The lowest BCUT2D eigenvalue weighted by Crippen LogP contribution is -2.31. The minimum Gasteiger partial charge on any atom is -0.496 e. The van der Waals surface area contributed by atoms with Gasteiger partial charge in [-0.2, -0.15) is 0 Å². The number of ether oxygens (including phenoxy) is 1. The molecule has 7 heteroatoms. The number of hydrogen-bond donors (Lipinski definition) is 1. The van der Waals surface area contributed by atoms with E-state index >= 15 is 0 Å². The first-order chi connectivity index (χ1) is 13.1. The van der Waals surface area contributed by atoms with Crippen LogP contribution in [0.1, 0.15) is 16.8 Å². The quantitative estimate of drug-likeness (QED) is 0.746. The number of hydrogen-bond acceptors (Lipinski definition) is 6.